The van der Waals surface area contributed by atoms with Gasteiger partial charge < -0.3 is 20.6 Å². The fourth-order valence-electron chi connectivity index (χ4n) is 3.77. The molecular formula is C21H28ClN3O4. The first-order chi connectivity index (χ1) is 13.5. The molecule has 29 heavy (non-hydrogen) atoms. The number of aromatic carboxylic acids is 1. The summed E-state index contributed by atoms with van der Waals surface area (Å²) in [5, 5.41) is 15.3. The van der Waals surface area contributed by atoms with Crippen molar-refractivity contribution in [3.63, 3.8) is 0 Å². The van der Waals surface area contributed by atoms with Crippen molar-refractivity contribution in [3.8, 4) is 0 Å². The van der Waals surface area contributed by atoms with Crippen LogP contribution in [0, 0.1) is 11.8 Å². The second-order valence-corrected chi connectivity index (χ2v) is 7.41. The molecule has 0 radical (unpaired) electrons. The van der Waals surface area contributed by atoms with Crippen molar-refractivity contribution in [1.82, 2.24) is 10.2 Å². The predicted octanol–water partition coefficient (Wildman–Crippen LogP) is 2.54. The molecule has 0 spiro atoms. The molecule has 1 atom stereocenters. The van der Waals surface area contributed by atoms with Crippen LogP contribution in [0.1, 0.15) is 36.0 Å². The van der Waals surface area contributed by atoms with Crippen LogP contribution in [-0.4, -0.2) is 54.0 Å². The SMILES string of the molecule is Cl.O=C(O)c1ccccc1NC(=O)[C@@H]1CCCN(C(=O)/C=C/C2CCNCC2)C1. The van der Waals surface area contributed by atoms with Crippen LogP contribution in [0.2, 0.25) is 0 Å². The third-order valence-electron chi connectivity index (χ3n) is 5.41. The first-order valence-corrected chi connectivity index (χ1v) is 9.85. The molecule has 0 bridgehead atoms. The Balaban J connectivity index is 0.00000300. The Hall–Kier alpha value is -2.38. The highest BCUT2D eigenvalue weighted by molar-refractivity contribution is 6.01. The molecule has 3 N–H and O–H groups in total. The number of para-hydroxylation sites is 1. The number of likely N-dealkylation sites (tertiary alicyclic amines) is 1. The van der Waals surface area contributed by atoms with Crippen molar-refractivity contribution < 1.29 is 19.5 Å². The Morgan fingerprint density at radius 2 is 1.86 bits per heavy atom. The second-order valence-electron chi connectivity index (χ2n) is 7.41. The third-order valence-corrected chi connectivity index (χ3v) is 5.41. The lowest BCUT2D eigenvalue weighted by molar-refractivity contribution is -0.130. The quantitative estimate of drug-likeness (QED) is 0.634. The van der Waals surface area contributed by atoms with Crippen molar-refractivity contribution in [2.45, 2.75) is 25.7 Å². The molecule has 2 heterocycles. The number of carbonyl (C=O) groups is 3. The predicted molar refractivity (Wildman–Crippen MR) is 113 cm³/mol. The minimum atomic E-state index is -1.08. The fourth-order valence-corrected chi connectivity index (χ4v) is 3.77. The smallest absolute Gasteiger partial charge is 0.337 e. The van der Waals surface area contributed by atoms with Gasteiger partial charge in [-0.05, 0) is 62.9 Å². The van der Waals surface area contributed by atoms with Crippen LogP contribution >= 0.6 is 12.4 Å². The Kier molecular flexibility index (Phi) is 8.67. The van der Waals surface area contributed by atoms with Crippen LogP contribution in [-0.2, 0) is 9.59 Å². The molecule has 158 valence electrons. The van der Waals surface area contributed by atoms with Crippen LogP contribution in [0.4, 0.5) is 5.69 Å². The van der Waals surface area contributed by atoms with Crippen molar-refractivity contribution in [2.75, 3.05) is 31.5 Å². The molecule has 7 nitrogen and oxygen atoms in total. The van der Waals surface area contributed by atoms with E-state index >= 15 is 0 Å². The molecule has 1 aromatic carbocycles. The average molecular weight is 422 g/mol. The molecule has 0 aromatic heterocycles. The number of carbonyl (C=O) groups excluding carboxylic acids is 2. The van der Waals surface area contributed by atoms with Crippen molar-refractivity contribution in [1.29, 1.82) is 0 Å². The Labute approximate surface area is 176 Å². The Morgan fingerprint density at radius 1 is 1.14 bits per heavy atom. The number of piperidine rings is 2. The van der Waals surface area contributed by atoms with Gasteiger partial charge in [-0.3, -0.25) is 9.59 Å². The summed E-state index contributed by atoms with van der Waals surface area (Å²) in [6.45, 7) is 2.96. The van der Waals surface area contributed by atoms with Gasteiger partial charge in [0.05, 0.1) is 17.2 Å². The minimum absolute atomic E-state index is 0. The van der Waals surface area contributed by atoms with Gasteiger partial charge in [-0.1, -0.05) is 18.2 Å². The van der Waals surface area contributed by atoms with Crippen LogP contribution in [0.25, 0.3) is 0 Å². The van der Waals surface area contributed by atoms with Gasteiger partial charge in [0.15, 0.2) is 0 Å². The molecule has 2 aliphatic heterocycles. The average Bonchev–Trinajstić information content (AvgIpc) is 2.73. The second kappa shape index (κ2) is 11.0. The number of nitrogens with zero attached hydrogens (tertiary/aromatic N) is 1. The zero-order chi connectivity index (χ0) is 19.9. The van der Waals surface area contributed by atoms with E-state index in [0.717, 1.165) is 32.4 Å². The number of hydrogen-bond donors (Lipinski definition) is 3. The third kappa shape index (κ3) is 6.30. The van der Waals surface area contributed by atoms with Gasteiger partial charge in [0.1, 0.15) is 0 Å². The van der Waals surface area contributed by atoms with Gasteiger partial charge in [0, 0.05) is 13.1 Å². The summed E-state index contributed by atoms with van der Waals surface area (Å²) < 4.78 is 0. The molecule has 0 aliphatic carbocycles. The summed E-state index contributed by atoms with van der Waals surface area (Å²) in [7, 11) is 0. The molecule has 0 unspecified atom stereocenters. The molecule has 0 saturated carbocycles. The van der Waals surface area contributed by atoms with Crippen LogP contribution in [0.5, 0.6) is 0 Å². The highest BCUT2D eigenvalue weighted by atomic mass is 35.5. The van der Waals surface area contributed by atoms with Crippen LogP contribution in [0.15, 0.2) is 36.4 Å². The van der Waals surface area contributed by atoms with Gasteiger partial charge in [-0.15, -0.1) is 12.4 Å². The standard InChI is InChI=1S/C21H27N3O4.ClH/c25-19(8-7-15-9-11-22-12-10-15)24-13-3-4-16(14-24)20(26)23-18-6-2-1-5-17(18)21(27)28;/h1-2,5-8,15-16,22H,3-4,9-14H2,(H,23,26)(H,27,28);1H/b8-7+;/t16-;/m1./s1. The number of nitrogens with one attached hydrogen (secondary N) is 2. The first-order valence-electron chi connectivity index (χ1n) is 9.85. The van der Waals surface area contributed by atoms with E-state index in [0.29, 0.717) is 25.4 Å². The normalized spacial score (nSPS) is 20.1. The van der Waals surface area contributed by atoms with Crippen molar-refractivity contribution in [2.24, 2.45) is 11.8 Å². The lowest BCUT2D eigenvalue weighted by Crippen LogP contribution is -2.43. The number of amides is 2. The number of allylic oxidation sites excluding steroid dienone is 1. The van der Waals surface area contributed by atoms with Gasteiger partial charge in [-0.2, -0.15) is 0 Å². The highest BCUT2D eigenvalue weighted by Crippen LogP contribution is 2.21. The lowest BCUT2D eigenvalue weighted by Gasteiger charge is -2.31. The summed E-state index contributed by atoms with van der Waals surface area (Å²) in [4.78, 5) is 38.2. The van der Waals surface area contributed by atoms with Gasteiger partial charge >= 0.3 is 5.97 Å². The molecule has 3 rings (SSSR count). The van der Waals surface area contributed by atoms with Gasteiger partial charge in [-0.25, -0.2) is 4.79 Å². The first kappa shape index (κ1) is 22.9. The number of benzene rings is 1. The monoisotopic (exact) mass is 421 g/mol. The summed E-state index contributed by atoms with van der Waals surface area (Å²) >= 11 is 0. The molecular weight excluding hydrogens is 394 g/mol. The Morgan fingerprint density at radius 3 is 2.59 bits per heavy atom. The molecule has 2 amide bonds. The summed E-state index contributed by atoms with van der Waals surface area (Å²) in [6, 6.07) is 6.34. The maximum absolute atomic E-state index is 12.6. The van der Waals surface area contributed by atoms with Crippen LogP contribution < -0.4 is 10.6 Å². The van der Waals surface area contributed by atoms with E-state index < -0.39 is 5.97 Å². The zero-order valence-electron chi connectivity index (χ0n) is 16.3. The maximum atomic E-state index is 12.6. The van der Waals surface area contributed by atoms with Crippen molar-refractivity contribution >= 4 is 35.9 Å². The van der Waals surface area contributed by atoms with E-state index in [2.05, 4.69) is 10.6 Å². The van der Waals surface area contributed by atoms with E-state index in [-0.39, 0.29) is 41.4 Å². The maximum Gasteiger partial charge on any atom is 0.337 e. The van der Waals surface area contributed by atoms with E-state index in [1.54, 1.807) is 29.2 Å². The molecule has 2 aliphatic rings. The van der Waals surface area contributed by atoms with Crippen LogP contribution in [0.3, 0.4) is 0 Å². The van der Waals surface area contributed by atoms with Gasteiger partial charge in [0.25, 0.3) is 0 Å². The minimum Gasteiger partial charge on any atom is -0.478 e. The topological polar surface area (TPSA) is 98.7 Å². The molecule has 1 aromatic rings. The number of anilines is 1. The molecule has 2 saturated heterocycles. The van der Waals surface area contributed by atoms with E-state index in [4.69, 9.17) is 0 Å². The van der Waals surface area contributed by atoms with E-state index in [9.17, 15) is 19.5 Å². The molecule has 2 fully saturated rings. The van der Waals surface area contributed by atoms with Gasteiger partial charge in [0.2, 0.25) is 11.8 Å². The fraction of sp³-hybridized carbons (Fsp3) is 0.476. The number of hydrogen-bond acceptors (Lipinski definition) is 4. The Bertz CT molecular complexity index is 762. The molecule has 8 heteroatoms. The highest BCUT2D eigenvalue weighted by Gasteiger charge is 2.28. The number of rotatable bonds is 5. The van der Waals surface area contributed by atoms with Crippen molar-refractivity contribution in [3.05, 3.63) is 42.0 Å². The summed E-state index contributed by atoms with van der Waals surface area (Å²) in [5.74, 6) is -1.29. The van der Waals surface area contributed by atoms with E-state index in [1.165, 1.54) is 6.07 Å². The van der Waals surface area contributed by atoms with E-state index in [1.807, 2.05) is 6.08 Å². The largest absolute Gasteiger partial charge is 0.478 e. The summed E-state index contributed by atoms with van der Waals surface area (Å²) in [5.41, 5.74) is 0.346. The number of carboxylic acid groups (broad SMARTS) is 1. The summed E-state index contributed by atoms with van der Waals surface area (Å²) in [6.07, 6.45) is 7.16. The lowest BCUT2D eigenvalue weighted by atomic mass is 9.96. The zero-order valence-corrected chi connectivity index (χ0v) is 17.1. The number of halogens is 1. The number of carboxylic acids is 1.